The smallest absolute Gasteiger partial charge is 0.416 e. The minimum atomic E-state index is -4.54. The Balaban J connectivity index is 2.11. The average molecular weight is 511 g/mol. The molecule has 1 atom stereocenters. The Morgan fingerprint density at radius 3 is 2.62 bits per heavy atom. The molecule has 0 aromatic heterocycles. The summed E-state index contributed by atoms with van der Waals surface area (Å²) in [6.45, 7) is -0.0000667. The molecule has 1 unspecified atom stereocenters. The average Bonchev–Trinajstić information content (AvgIpc) is 2.57. The van der Waals surface area contributed by atoms with Crippen LogP contribution in [0.1, 0.15) is 5.56 Å². The van der Waals surface area contributed by atoms with Crippen molar-refractivity contribution < 1.29 is 13.2 Å². The fourth-order valence-corrected chi connectivity index (χ4v) is 4.29. The molecule has 1 aliphatic heterocycles. The van der Waals surface area contributed by atoms with Crippen LogP contribution in [-0.2, 0) is 6.18 Å². The van der Waals surface area contributed by atoms with Gasteiger partial charge in [0.2, 0.25) is 0 Å². The van der Waals surface area contributed by atoms with E-state index in [0.29, 0.717) is 20.8 Å². The lowest BCUT2D eigenvalue weighted by Crippen LogP contribution is -2.56. The summed E-state index contributed by atoms with van der Waals surface area (Å²) in [6, 6.07) is 8.33. The zero-order valence-corrected chi connectivity index (χ0v) is 17.0. The number of rotatable bonds is 1. The van der Waals surface area contributed by atoms with Gasteiger partial charge in [-0.1, -0.05) is 15.9 Å². The van der Waals surface area contributed by atoms with Gasteiger partial charge in [0, 0.05) is 20.8 Å². The van der Waals surface area contributed by atoms with Gasteiger partial charge in [-0.05, 0) is 46.3 Å². The highest BCUT2D eigenvalue weighted by atomic mass is 79.9. The molecule has 0 aliphatic carbocycles. The van der Waals surface area contributed by atoms with Crippen LogP contribution in [0.3, 0.4) is 0 Å². The lowest BCUT2D eigenvalue weighted by Gasteiger charge is -2.43. The van der Waals surface area contributed by atoms with Crippen molar-refractivity contribution in [2.45, 2.75) is 11.1 Å². The van der Waals surface area contributed by atoms with E-state index in [1.165, 1.54) is 17.8 Å². The molecule has 2 aromatic carbocycles. The molecule has 2 N–H and O–H groups in total. The van der Waals surface area contributed by atoms with E-state index >= 15 is 0 Å². The minimum absolute atomic E-state index is 0.0000667. The van der Waals surface area contributed by atoms with Crippen molar-refractivity contribution in [3.63, 3.8) is 0 Å². The molecule has 10 heteroatoms. The number of nitrogens with two attached hydrogens (primary N) is 1. The number of hydrogen-bond donors (Lipinski definition) is 1. The number of alkyl halides is 3. The Kier molecular flexibility index (Phi) is 5.42. The molecule has 0 fully saturated rings. The highest BCUT2D eigenvalue weighted by Crippen LogP contribution is 2.43. The van der Waals surface area contributed by atoms with Gasteiger partial charge in [0.25, 0.3) is 0 Å². The van der Waals surface area contributed by atoms with Crippen molar-refractivity contribution in [2.24, 2.45) is 10.7 Å². The standard InChI is InChI=1S/C16H12Br2F3N3OS/c17-10-2-3-11(18)12(8-10)23-15(22)24(25)5-6-26-14-4-1-9(7-13(14)24)16(19,20)21/h1-4,7-8H,5-6H2,(H2,22,23). The van der Waals surface area contributed by atoms with Gasteiger partial charge in [-0.25, -0.2) is 0 Å². The summed E-state index contributed by atoms with van der Waals surface area (Å²) in [5, 5.41) is 13.4. The Bertz CT molecular complexity index is 892. The largest absolute Gasteiger partial charge is 0.620 e. The second-order valence-corrected chi connectivity index (χ2v) is 8.46. The fourth-order valence-electron chi connectivity index (χ4n) is 2.52. The van der Waals surface area contributed by atoms with Crippen LogP contribution in [0.4, 0.5) is 24.5 Å². The molecule has 0 saturated carbocycles. The van der Waals surface area contributed by atoms with Gasteiger partial charge in [-0.15, -0.1) is 11.8 Å². The SMILES string of the molecule is NC(=Nc1cc(Br)ccc1Br)[N+]1([O-])CCSc2ccc(C(F)(F)F)cc21. The maximum absolute atomic E-state index is 13.4. The molecule has 138 valence electrons. The van der Waals surface area contributed by atoms with E-state index in [9.17, 15) is 18.4 Å². The molecule has 0 saturated heterocycles. The van der Waals surface area contributed by atoms with Gasteiger partial charge < -0.3 is 10.9 Å². The number of halogens is 5. The number of fused-ring (bicyclic) bond motifs is 1. The van der Waals surface area contributed by atoms with Crippen LogP contribution < -0.4 is 10.4 Å². The second kappa shape index (κ2) is 7.16. The van der Waals surface area contributed by atoms with Crippen molar-refractivity contribution in [3.05, 3.63) is 56.1 Å². The monoisotopic (exact) mass is 509 g/mol. The van der Waals surface area contributed by atoms with Crippen molar-refractivity contribution in [3.8, 4) is 0 Å². The Morgan fingerprint density at radius 2 is 1.92 bits per heavy atom. The normalized spacial score (nSPS) is 20.8. The summed E-state index contributed by atoms with van der Waals surface area (Å²) in [5.41, 5.74) is 5.49. The summed E-state index contributed by atoms with van der Waals surface area (Å²) in [4.78, 5) is 4.67. The molecule has 4 nitrogen and oxygen atoms in total. The predicted octanol–water partition coefficient (Wildman–Crippen LogP) is 5.79. The summed E-state index contributed by atoms with van der Waals surface area (Å²) in [5.74, 6) is 0.113. The van der Waals surface area contributed by atoms with Crippen LogP contribution in [0.15, 0.2) is 55.2 Å². The highest BCUT2D eigenvalue weighted by Gasteiger charge is 2.38. The van der Waals surface area contributed by atoms with Gasteiger partial charge in [0.05, 0.1) is 22.7 Å². The zero-order chi connectivity index (χ0) is 19.1. The van der Waals surface area contributed by atoms with Gasteiger partial charge in [0.15, 0.2) is 5.69 Å². The molecule has 26 heavy (non-hydrogen) atoms. The maximum atomic E-state index is 13.4. The van der Waals surface area contributed by atoms with E-state index in [1.807, 2.05) is 0 Å². The Hall–Kier alpha value is -1.07. The summed E-state index contributed by atoms with van der Waals surface area (Å²) < 4.78 is 39.3. The second-order valence-electron chi connectivity index (χ2n) is 5.56. The molecule has 0 spiro atoms. The number of benzene rings is 2. The molecule has 0 bridgehead atoms. The molecule has 3 rings (SSSR count). The topological polar surface area (TPSA) is 61.4 Å². The van der Waals surface area contributed by atoms with E-state index in [2.05, 4.69) is 36.9 Å². The van der Waals surface area contributed by atoms with E-state index < -0.39 is 16.4 Å². The predicted molar refractivity (Wildman–Crippen MR) is 105 cm³/mol. The first-order valence-corrected chi connectivity index (χ1v) is 9.92. The highest BCUT2D eigenvalue weighted by molar-refractivity contribution is 9.11. The quantitative estimate of drug-likeness (QED) is 0.228. The first-order valence-electron chi connectivity index (χ1n) is 7.35. The van der Waals surface area contributed by atoms with E-state index in [1.54, 1.807) is 18.2 Å². The molecular formula is C16H12Br2F3N3OS. The molecule has 2 aromatic rings. The Morgan fingerprint density at radius 1 is 1.19 bits per heavy atom. The van der Waals surface area contributed by atoms with Gasteiger partial charge in [0.1, 0.15) is 0 Å². The molecule has 0 amide bonds. The van der Waals surface area contributed by atoms with Crippen LogP contribution in [-0.4, -0.2) is 18.3 Å². The summed E-state index contributed by atoms with van der Waals surface area (Å²) in [6.07, 6.45) is -4.54. The third-order valence-electron chi connectivity index (χ3n) is 3.85. The van der Waals surface area contributed by atoms with Crippen LogP contribution in [0.5, 0.6) is 0 Å². The fraction of sp³-hybridized carbons (Fsp3) is 0.188. The lowest BCUT2D eigenvalue weighted by atomic mass is 10.1. The first-order chi connectivity index (χ1) is 12.1. The van der Waals surface area contributed by atoms with Crippen LogP contribution in [0.2, 0.25) is 0 Å². The van der Waals surface area contributed by atoms with Crippen LogP contribution in [0, 0.1) is 5.21 Å². The Labute approximate surface area is 168 Å². The zero-order valence-electron chi connectivity index (χ0n) is 13.1. The number of quaternary nitrogens is 1. The maximum Gasteiger partial charge on any atom is 0.416 e. The van der Waals surface area contributed by atoms with Gasteiger partial charge in [-0.3, -0.25) is 4.65 Å². The minimum Gasteiger partial charge on any atom is -0.620 e. The first kappa shape index (κ1) is 19.7. The van der Waals surface area contributed by atoms with E-state index in [0.717, 1.165) is 16.6 Å². The number of hydrogen-bond acceptors (Lipinski definition) is 3. The molecule has 0 radical (unpaired) electrons. The number of aliphatic imine (C=N–C) groups is 1. The van der Waals surface area contributed by atoms with Crippen molar-refractivity contribution in [1.82, 2.24) is 4.65 Å². The number of guanidine groups is 1. The molecule has 1 aliphatic rings. The number of thioether (sulfide) groups is 1. The summed E-state index contributed by atoms with van der Waals surface area (Å²) >= 11 is 7.96. The third kappa shape index (κ3) is 3.79. The van der Waals surface area contributed by atoms with Gasteiger partial charge in [-0.2, -0.15) is 18.2 Å². The van der Waals surface area contributed by atoms with Crippen LogP contribution >= 0.6 is 43.6 Å². The van der Waals surface area contributed by atoms with Gasteiger partial charge >= 0.3 is 12.1 Å². The number of nitrogens with zero attached hydrogens (tertiary/aromatic N) is 2. The van der Waals surface area contributed by atoms with E-state index in [4.69, 9.17) is 5.73 Å². The van der Waals surface area contributed by atoms with Crippen molar-refractivity contribution in [2.75, 3.05) is 12.3 Å². The molecule has 1 heterocycles. The van der Waals surface area contributed by atoms with E-state index in [-0.39, 0.29) is 18.2 Å². The van der Waals surface area contributed by atoms with Crippen LogP contribution in [0.25, 0.3) is 0 Å². The van der Waals surface area contributed by atoms with Crippen molar-refractivity contribution >= 4 is 61.0 Å². The summed E-state index contributed by atoms with van der Waals surface area (Å²) in [7, 11) is 0. The van der Waals surface area contributed by atoms with Crippen molar-refractivity contribution in [1.29, 1.82) is 0 Å². The number of hydroxylamine groups is 2. The lowest BCUT2D eigenvalue weighted by molar-refractivity contribution is -0.137. The molecular weight excluding hydrogens is 499 g/mol. The third-order valence-corrected chi connectivity index (χ3v) is 6.06.